The van der Waals surface area contributed by atoms with Crippen LogP contribution in [0.4, 0.5) is 0 Å². The Kier molecular flexibility index (Phi) is 7.46. The van der Waals surface area contributed by atoms with Crippen LogP contribution < -0.4 is 20.3 Å². The van der Waals surface area contributed by atoms with Crippen LogP contribution in [0.15, 0.2) is 46.9 Å². The number of rotatable bonds is 6. The van der Waals surface area contributed by atoms with Crippen molar-refractivity contribution < 1.29 is 19.1 Å². The second-order valence-electron chi connectivity index (χ2n) is 5.30. The number of ether oxygens (including phenoxy) is 2. The minimum atomic E-state index is -0.857. The number of carbonyl (C=O) groups excluding carboxylic acids is 2. The zero-order chi connectivity index (χ0) is 19.8. The standard InChI is InChI=1S/C18H15BrClN3O4/c1-11(27-14-5-2-12(9-21)3-6-14)18(25)23-22-17(24)10-26-16-7-4-13(20)8-15(16)19/h2-8,11H,10H2,1H3,(H,22,24)(H,23,25)/t11-/m1/s1. The predicted molar refractivity (Wildman–Crippen MR) is 102 cm³/mol. The molecule has 0 unspecified atom stereocenters. The van der Waals surface area contributed by atoms with E-state index in [0.29, 0.717) is 26.6 Å². The number of nitrogens with zero attached hydrogens (tertiary/aromatic N) is 1. The number of hydrazine groups is 1. The van der Waals surface area contributed by atoms with E-state index in [9.17, 15) is 9.59 Å². The number of benzene rings is 2. The number of hydrogen-bond donors (Lipinski definition) is 2. The van der Waals surface area contributed by atoms with E-state index in [1.165, 1.54) is 6.92 Å². The molecule has 0 heterocycles. The molecule has 0 bridgehead atoms. The lowest BCUT2D eigenvalue weighted by Crippen LogP contribution is -2.48. The van der Waals surface area contributed by atoms with Crippen LogP contribution in [-0.2, 0) is 9.59 Å². The third kappa shape index (κ3) is 6.47. The van der Waals surface area contributed by atoms with Crippen molar-refractivity contribution in [3.05, 3.63) is 57.5 Å². The SMILES string of the molecule is C[C@@H](Oc1ccc(C#N)cc1)C(=O)NNC(=O)COc1ccc(Cl)cc1Br. The second-order valence-corrected chi connectivity index (χ2v) is 6.59. The van der Waals surface area contributed by atoms with Crippen molar-refractivity contribution in [3.63, 3.8) is 0 Å². The van der Waals surface area contributed by atoms with Gasteiger partial charge in [0.1, 0.15) is 11.5 Å². The van der Waals surface area contributed by atoms with Crippen molar-refractivity contribution in [1.29, 1.82) is 5.26 Å². The van der Waals surface area contributed by atoms with Crippen LogP contribution >= 0.6 is 27.5 Å². The average molecular weight is 453 g/mol. The van der Waals surface area contributed by atoms with Gasteiger partial charge in [0, 0.05) is 5.02 Å². The van der Waals surface area contributed by atoms with E-state index >= 15 is 0 Å². The van der Waals surface area contributed by atoms with Gasteiger partial charge < -0.3 is 9.47 Å². The fraction of sp³-hybridized carbons (Fsp3) is 0.167. The maximum absolute atomic E-state index is 12.0. The molecule has 0 saturated carbocycles. The van der Waals surface area contributed by atoms with Gasteiger partial charge in [-0.15, -0.1) is 0 Å². The van der Waals surface area contributed by atoms with Crippen LogP contribution in [0.2, 0.25) is 5.02 Å². The normalized spacial score (nSPS) is 11.0. The lowest BCUT2D eigenvalue weighted by atomic mass is 10.2. The molecular weight excluding hydrogens is 438 g/mol. The van der Waals surface area contributed by atoms with E-state index in [-0.39, 0.29) is 6.61 Å². The minimum Gasteiger partial charge on any atom is -0.483 e. The number of halogens is 2. The predicted octanol–water partition coefficient (Wildman–Crippen LogP) is 2.97. The molecule has 0 aliphatic carbocycles. The summed E-state index contributed by atoms with van der Waals surface area (Å²) < 4.78 is 11.4. The molecule has 7 nitrogen and oxygen atoms in total. The van der Waals surface area contributed by atoms with E-state index in [0.717, 1.165) is 0 Å². The fourth-order valence-corrected chi connectivity index (χ4v) is 2.67. The van der Waals surface area contributed by atoms with E-state index in [1.807, 2.05) is 6.07 Å². The van der Waals surface area contributed by atoms with Gasteiger partial charge in [0.15, 0.2) is 12.7 Å². The molecule has 2 aromatic rings. The maximum Gasteiger partial charge on any atom is 0.279 e. The Balaban J connectivity index is 1.76. The first-order valence-corrected chi connectivity index (χ1v) is 8.89. The van der Waals surface area contributed by atoms with Crippen LogP contribution in [0.1, 0.15) is 12.5 Å². The highest BCUT2D eigenvalue weighted by atomic mass is 79.9. The van der Waals surface area contributed by atoms with Crippen molar-refractivity contribution in [3.8, 4) is 17.6 Å². The maximum atomic E-state index is 12.0. The number of nitrogens with one attached hydrogen (secondary N) is 2. The first-order chi connectivity index (χ1) is 12.9. The summed E-state index contributed by atoms with van der Waals surface area (Å²) >= 11 is 9.10. The third-order valence-corrected chi connectivity index (χ3v) is 4.10. The number of nitriles is 1. The summed E-state index contributed by atoms with van der Waals surface area (Å²) in [6.07, 6.45) is -0.857. The summed E-state index contributed by atoms with van der Waals surface area (Å²) in [4.78, 5) is 23.8. The first kappa shape index (κ1) is 20.6. The number of carbonyl (C=O) groups is 2. The summed E-state index contributed by atoms with van der Waals surface area (Å²) in [7, 11) is 0. The van der Waals surface area contributed by atoms with Crippen molar-refractivity contribution in [1.82, 2.24) is 10.9 Å². The summed E-state index contributed by atoms with van der Waals surface area (Å²) in [5.41, 5.74) is 4.98. The molecule has 2 amide bonds. The molecule has 0 spiro atoms. The van der Waals surface area contributed by atoms with Crippen molar-refractivity contribution in [2.45, 2.75) is 13.0 Å². The highest BCUT2D eigenvalue weighted by Crippen LogP contribution is 2.27. The van der Waals surface area contributed by atoms with Gasteiger partial charge >= 0.3 is 0 Å². The molecule has 1 atom stereocenters. The van der Waals surface area contributed by atoms with E-state index in [1.54, 1.807) is 42.5 Å². The van der Waals surface area contributed by atoms with Crippen molar-refractivity contribution in [2.24, 2.45) is 0 Å². The Morgan fingerprint density at radius 1 is 1.22 bits per heavy atom. The molecule has 0 radical (unpaired) electrons. The van der Waals surface area contributed by atoms with E-state index in [2.05, 4.69) is 26.8 Å². The molecule has 2 aromatic carbocycles. The molecule has 0 saturated heterocycles. The summed E-state index contributed by atoms with van der Waals surface area (Å²) in [5.74, 6) is -0.214. The van der Waals surface area contributed by atoms with E-state index in [4.69, 9.17) is 26.3 Å². The molecule has 9 heteroatoms. The molecule has 0 aromatic heterocycles. The largest absolute Gasteiger partial charge is 0.483 e. The van der Waals surface area contributed by atoms with Gasteiger partial charge in [0.25, 0.3) is 11.8 Å². The molecule has 0 fully saturated rings. The van der Waals surface area contributed by atoms with Crippen LogP contribution in [-0.4, -0.2) is 24.5 Å². The Bertz CT molecular complexity index is 868. The number of amides is 2. The minimum absolute atomic E-state index is 0.300. The Labute approximate surface area is 169 Å². The number of hydrogen-bond acceptors (Lipinski definition) is 5. The summed E-state index contributed by atoms with van der Waals surface area (Å²) in [6, 6.07) is 13.2. The zero-order valence-corrected chi connectivity index (χ0v) is 16.5. The van der Waals surface area contributed by atoms with Gasteiger partial charge in [-0.05, 0) is 65.3 Å². The van der Waals surface area contributed by atoms with Crippen molar-refractivity contribution in [2.75, 3.05) is 6.61 Å². The topological polar surface area (TPSA) is 100 Å². The molecule has 27 heavy (non-hydrogen) atoms. The van der Waals surface area contributed by atoms with Crippen LogP contribution in [0.5, 0.6) is 11.5 Å². The molecule has 140 valence electrons. The molecule has 2 N–H and O–H groups in total. The van der Waals surface area contributed by atoms with Gasteiger partial charge in [0.05, 0.1) is 16.1 Å². The highest BCUT2D eigenvalue weighted by molar-refractivity contribution is 9.10. The van der Waals surface area contributed by atoms with Crippen molar-refractivity contribution >= 4 is 39.3 Å². The Morgan fingerprint density at radius 2 is 1.93 bits per heavy atom. The zero-order valence-electron chi connectivity index (χ0n) is 14.2. The van der Waals surface area contributed by atoms with Gasteiger partial charge in [0.2, 0.25) is 0 Å². The molecular formula is C18H15BrClN3O4. The van der Waals surface area contributed by atoms with Crippen LogP contribution in [0.3, 0.4) is 0 Å². The fourth-order valence-electron chi connectivity index (χ4n) is 1.87. The van der Waals surface area contributed by atoms with E-state index < -0.39 is 17.9 Å². The molecule has 2 rings (SSSR count). The summed E-state index contributed by atoms with van der Waals surface area (Å²) in [6.45, 7) is 1.23. The molecule has 0 aliphatic heterocycles. The summed E-state index contributed by atoms with van der Waals surface area (Å²) in [5, 5.41) is 9.28. The van der Waals surface area contributed by atoms with Gasteiger partial charge in [-0.1, -0.05) is 11.6 Å². The van der Waals surface area contributed by atoms with Crippen LogP contribution in [0, 0.1) is 11.3 Å². The average Bonchev–Trinajstić information content (AvgIpc) is 2.66. The molecule has 0 aliphatic rings. The van der Waals surface area contributed by atoms with Gasteiger partial charge in [-0.3, -0.25) is 20.4 Å². The highest BCUT2D eigenvalue weighted by Gasteiger charge is 2.15. The smallest absolute Gasteiger partial charge is 0.279 e. The monoisotopic (exact) mass is 451 g/mol. The van der Waals surface area contributed by atoms with Crippen LogP contribution in [0.25, 0.3) is 0 Å². The third-order valence-electron chi connectivity index (χ3n) is 3.24. The van der Waals surface area contributed by atoms with Gasteiger partial charge in [-0.25, -0.2) is 0 Å². The first-order valence-electron chi connectivity index (χ1n) is 7.72. The van der Waals surface area contributed by atoms with Gasteiger partial charge in [-0.2, -0.15) is 5.26 Å². The Morgan fingerprint density at radius 3 is 2.56 bits per heavy atom. The Hall–Kier alpha value is -2.76. The second kappa shape index (κ2) is 9.80. The lowest BCUT2D eigenvalue weighted by Gasteiger charge is -2.15. The quantitative estimate of drug-likeness (QED) is 0.656. The lowest BCUT2D eigenvalue weighted by molar-refractivity contribution is -0.133.